The van der Waals surface area contributed by atoms with Gasteiger partial charge in [0.05, 0.1) is 13.7 Å². The molecule has 29 heavy (non-hydrogen) atoms. The molecule has 148 valence electrons. The fourth-order valence-corrected chi connectivity index (χ4v) is 3.48. The molecule has 2 aromatic carbocycles. The highest BCUT2D eigenvalue weighted by atomic mass is 16.6. The summed E-state index contributed by atoms with van der Waals surface area (Å²) in [6.07, 6.45) is 0.742. The molecule has 0 radical (unpaired) electrons. The van der Waals surface area contributed by atoms with Crippen LogP contribution in [0.4, 0.5) is 0 Å². The Morgan fingerprint density at radius 2 is 1.76 bits per heavy atom. The van der Waals surface area contributed by atoms with Crippen LogP contribution in [0.15, 0.2) is 63.8 Å². The first-order chi connectivity index (χ1) is 14.1. The van der Waals surface area contributed by atoms with E-state index in [2.05, 4.69) is 4.98 Å². The van der Waals surface area contributed by atoms with Gasteiger partial charge in [0.2, 0.25) is 5.75 Å². The quantitative estimate of drug-likeness (QED) is 0.477. The van der Waals surface area contributed by atoms with Gasteiger partial charge in [-0.3, -0.25) is 4.79 Å². The lowest BCUT2D eigenvalue weighted by atomic mass is 10.1. The van der Waals surface area contributed by atoms with Crippen molar-refractivity contribution in [3.63, 3.8) is 0 Å². The SMILES string of the molecule is CCc1c(Oc2nc3ccccc3o2)c(OC)c(=O)n(Cc2ccccc2)c1C. The topological polar surface area (TPSA) is 66.5 Å². The minimum absolute atomic E-state index is 0.0822. The van der Waals surface area contributed by atoms with Crippen molar-refractivity contribution >= 4 is 11.1 Å². The van der Waals surface area contributed by atoms with Gasteiger partial charge in [0.15, 0.2) is 11.3 Å². The van der Waals surface area contributed by atoms with Crippen LogP contribution in [-0.2, 0) is 13.0 Å². The van der Waals surface area contributed by atoms with Gasteiger partial charge in [-0.1, -0.05) is 49.4 Å². The summed E-state index contributed by atoms with van der Waals surface area (Å²) in [5.41, 5.74) is 3.79. The summed E-state index contributed by atoms with van der Waals surface area (Å²) in [7, 11) is 1.47. The molecule has 0 N–H and O–H groups in total. The van der Waals surface area contributed by atoms with E-state index in [4.69, 9.17) is 13.9 Å². The number of benzene rings is 2. The molecule has 0 spiro atoms. The molecule has 2 heterocycles. The number of oxazole rings is 1. The van der Waals surface area contributed by atoms with Gasteiger partial charge < -0.3 is 18.5 Å². The van der Waals surface area contributed by atoms with Crippen molar-refractivity contribution in [2.24, 2.45) is 0 Å². The molecule has 0 aliphatic rings. The van der Waals surface area contributed by atoms with Crippen molar-refractivity contribution in [1.29, 1.82) is 0 Å². The Labute approximate surface area is 168 Å². The number of pyridine rings is 1. The molecule has 0 amide bonds. The van der Waals surface area contributed by atoms with Gasteiger partial charge in [-0.2, -0.15) is 4.98 Å². The molecule has 0 bridgehead atoms. The van der Waals surface area contributed by atoms with Crippen LogP contribution in [0.25, 0.3) is 11.1 Å². The summed E-state index contributed by atoms with van der Waals surface area (Å²) in [6, 6.07) is 17.2. The number of rotatable bonds is 6. The molecule has 0 unspecified atom stereocenters. The minimum Gasteiger partial charge on any atom is -0.488 e. The van der Waals surface area contributed by atoms with Crippen LogP contribution in [0.5, 0.6) is 17.6 Å². The van der Waals surface area contributed by atoms with Crippen molar-refractivity contribution in [3.8, 4) is 17.6 Å². The van der Waals surface area contributed by atoms with Crippen LogP contribution in [-0.4, -0.2) is 16.7 Å². The summed E-state index contributed by atoms with van der Waals surface area (Å²) in [4.78, 5) is 17.5. The van der Waals surface area contributed by atoms with E-state index in [0.717, 1.165) is 16.8 Å². The van der Waals surface area contributed by atoms with Gasteiger partial charge in [-0.25, -0.2) is 0 Å². The Bertz CT molecular complexity index is 1180. The van der Waals surface area contributed by atoms with E-state index < -0.39 is 0 Å². The third-order valence-corrected chi connectivity index (χ3v) is 4.97. The average molecular weight is 390 g/mol. The van der Waals surface area contributed by atoms with Gasteiger partial charge in [0.1, 0.15) is 5.52 Å². The molecule has 0 saturated heterocycles. The van der Waals surface area contributed by atoms with E-state index in [9.17, 15) is 4.79 Å². The predicted molar refractivity (Wildman–Crippen MR) is 111 cm³/mol. The van der Waals surface area contributed by atoms with E-state index in [0.29, 0.717) is 29.8 Å². The molecular formula is C23H22N2O4. The van der Waals surface area contributed by atoms with Crippen LogP contribution in [0.1, 0.15) is 23.7 Å². The normalized spacial score (nSPS) is 11.0. The fraction of sp³-hybridized carbons (Fsp3) is 0.217. The number of hydrogen-bond acceptors (Lipinski definition) is 5. The highest BCUT2D eigenvalue weighted by Crippen LogP contribution is 2.35. The van der Waals surface area contributed by atoms with Crippen LogP contribution < -0.4 is 15.0 Å². The van der Waals surface area contributed by atoms with E-state index in [1.54, 1.807) is 4.57 Å². The standard InChI is InChI=1S/C23H22N2O4/c1-4-17-15(2)25(14-16-10-6-5-7-11-16)22(26)21(27-3)20(17)29-23-24-18-12-8-9-13-19(18)28-23/h5-13H,4,14H2,1-3H3. The van der Waals surface area contributed by atoms with Crippen molar-refractivity contribution in [1.82, 2.24) is 9.55 Å². The number of methoxy groups -OCH3 is 1. The second-order valence-corrected chi connectivity index (χ2v) is 6.71. The van der Waals surface area contributed by atoms with Crippen LogP contribution >= 0.6 is 0 Å². The molecule has 6 heteroatoms. The Morgan fingerprint density at radius 3 is 2.45 bits per heavy atom. The summed E-state index contributed by atoms with van der Waals surface area (Å²) in [5.74, 6) is 0.499. The number of nitrogens with zero attached hydrogens (tertiary/aromatic N) is 2. The Kier molecular flexibility index (Phi) is 5.08. The van der Waals surface area contributed by atoms with Gasteiger partial charge in [-0.15, -0.1) is 0 Å². The van der Waals surface area contributed by atoms with Crippen molar-refractivity contribution in [3.05, 3.63) is 81.8 Å². The van der Waals surface area contributed by atoms with Crippen LogP contribution in [0.3, 0.4) is 0 Å². The van der Waals surface area contributed by atoms with E-state index in [1.165, 1.54) is 7.11 Å². The average Bonchev–Trinajstić information content (AvgIpc) is 3.15. The molecule has 4 rings (SSSR count). The third kappa shape index (κ3) is 3.49. The monoisotopic (exact) mass is 390 g/mol. The third-order valence-electron chi connectivity index (χ3n) is 4.97. The lowest BCUT2D eigenvalue weighted by Gasteiger charge is -2.19. The molecule has 0 fully saturated rings. The maximum atomic E-state index is 13.2. The lowest BCUT2D eigenvalue weighted by Crippen LogP contribution is -2.26. The van der Waals surface area contributed by atoms with Crippen molar-refractivity contribution in [2.75, 3.05) is 7.11 Å². The molecule has 4 aromatic rings. The lowest BCUT2D eigenvalue weighted by molar-refractivity contribution is 0.311. The fourth-order valence-electron chi connectivity index (χ4n) is 3.48. The number of para-hydroxylation sites is 2. The maximum Gasteiger partial charge on any atom is 0.400 e. The summed E-state index contributed by atoms with van der Waals surface area (Å²) in [6.45, 7) is 4.39. The van der Waals surface area contributed by atoms with Crippen LogP contribution in [0.2, 0.25) is 0 Å². The summed E-state index contributed by atoms with van der Waals surface area (Å²) >= 11 is 0. The molecule has 0 aliphatic heterocycles. The second-order valence-electron chi connectivity index (χ2n) is 6.71. The van der Waals surface area contributed by atoms with Gasteiger partial charge in [-0.05, 0) is 31.0 Å². The largest absolute Gasteiger partial charge is 0.488 e. The number of hydrogen-bond donors (Lipinski definition) is 0. The van der Waals surface area contributed by atoms with E-state index in [1.807, 2.05) is 68.4 Å². The van der Waals surface area contributed by atoms with Crippen molar-refractivity contribution < 1.29 is 13.9 Å². The minimum atomic E-state index is -0.253. The smallest absolute Gasteiger partial charge is 0.400 e. The zero-order chi connectivity index (χ0) is 20.4. The molecule has 0 saturated carbocycles. The predicted octanol–water partition coefficient (Wildman–Crippen LogP) is 4.71. The second kappa shape index (κ2) is 7.83. The van der Waals surface area contributed by atoms with Gasteiger partial charge in [0.25, 0.3) is 5.56 Å². The van der Waals surface area contributed by atoms with E-state index >= 15 is 0 Å². The molecule has 6 nitrogen and oxygen atoms in total. The highest BCUT2D eigenvalue weighted by molar-refractivity contribution is 5.72. The first-order valence-corrected chi connectivity index (χ1v) is 9.50. The zero-order valence-corrected chi connectivity index (χ0v) is 16.6. The molecule has 0 atom stereocenters. The summed E-state index contributed by atoms with van der Waals surface area (Å²) < 4.78 is 18.8. The first-order valence-electron chi connectivity index (χ1n) is 9.50. The number of fused-ring (bicyclic) bond motifs is 1. The molecular weight excluding hydrogens is 368 g/mol. The summed E-state index contributed by atoms with van der Waals surface area (Å²) in [5, 5.41) is 0. The molecule has 2 aromatic heterocycles. The van der Waals surface area contributed by atoms with Gasteiger partial charge in [0, 0.05) is 11.3 Å². The van der Waals surface area contributed by atoms with E-state index in [-0.39, 0.29) is 17.4 Å². The van der Waals surface area contributed by atoms with Crippen molar-refractivity contribution in [2.45, 2.75) is 26.8 Å². The Morgan fingerprint density at radius 1 is 1.03 bits per heavy atom. The van der Waals surface area contributed by atoms with Crippen LogP contribution in [0, 0.1) is 6.92 Å². The number of ether oxygens (including phenoxy) is 2. The van der Waals surface area contributed by atoms with Gasteiger partial charge >= 0.3 is 6.08 Å². The number of aromatic nitrogens is 2. The highest BCUT2D eigenvalue weighted by Gasteiger charge is 2.23. The Hall–Kier alpha value is -3.54. The first kappa shape index (κ1) is 18.8. The Balaban J connectivity index is 1.82. The zero-order valence-electron chi connectivity index (χ0n) is 16.6. The maximum absolute atomic E-state index is 13.2. The molecule has 0 aliphatic carbocycles.